The molecule has 0 saturated carbocycles. The molecule has 0 aliphatic heterocycles. The topological polar surface area (TPSA) is 51.2 Å². The fraction of sp³-hybridized carbons (Fsp3) is 0.231. The van der Waals surface area contributed by atoms with Crippen molar-refractivity contribution in [2.75, 3.05) is 12.4 Å². The summed E-state index contributed by atoms with van der Waals surface area (Å²) in [6.07, 6.45) is 0. The predicted molar refractivity (Wildman–Crippen MR) is 85.4 cm³/mol. The molecule has 100 valence electrons. The summed E-state index contributed by atoms with van der Waals surface area (Å²) < 4.78 is 5.85. The van der Waals surface area contributed by atoms with E-state index in [0.29, 0.717) is 10.8 Å². The van der Waals surface area contributed by atoms with Gasteiger partial charge in [-0.25, -0.2) is 9.78 Å². The van der Waals surface area contributed by atoms with E-state index in [9.17, 15) is 4.79 Å². The Morgan fingerprint density at radius 1 is 1.42 bits per heavy atom. The Morgan fingerprint density at radius 3 is 2.84 bits per heavy atom. The van der Waals surface area contributed by atoms with Crippen LogP contribution in [-0.2, 0) is 4.74 Å². The van der Waals surface area contributed by atoms with E-state index < -0.39 is 5.97 Å². The van der Waals surface area contributed by atoms with E-state index in [1.54, 1.807) is 0 Å². The highest BCUT2D eigenvalue weighted by atomic mass is 127. The number of esters is 1. The van der Waals surface area contributed by atoms with Crippen molar-refractivity contribution in [3.63, 3.8) is 0 Å². The van der Waals surface area contributed by atoms with Gasteiger partial charge in [-0.3, -0.25) is 0 Å². The number of rotatable bonds is 3. The molecular formula is C13H13IN2O2S. The van der Waals surface area contributed by atoms with Crippen molar-refractivity contribution in [1.29, 1.82) is 0 Å². The number of nitrogens with zero attached hydrogens (tertiary/aromatic N) is 1. The van der Waals surface area contributed by atoms with Crippen molar-refractivity contribution in [3.8, 4) is 0 Å². The standard InChI is InChI=1S/C13H13IN2O2S/c1-7-4-5-9(14)6-10(7)15-13-16-11(8(2)19-13)12(17)18-3/h4-6H,1-3H3,(H,15,16). The van der Waals surface area contributed by atoms with Crippen molar-refractivity contribution in [1.82, 2.24) is 4.98 Å². The third-order valence-electron chi connectivity index (χ3n) is 2.62. The van der Waals surface area contributed by atoms with Crippen molar-refractivity contribution in [2.45, 2.75) is 13.8 Å². The maximum atomic E-state index is 11.5. The number of aryl methyl sites for hydroxylation is 2. The summed E-state index contributed by atoms with van der Waals surface area (Å²) in [6, 6.07) is 6.14. The van der Waals surface area contributed by atoms with Gasteiger partial charge in [-0.1, -0.05) is 6.07 Å². The van der Waals surface area contributed by atoms with Crippen molar-refractivity contribution >= 4 is 50.7 Å². The third-order valence-corrected chi connectivity index (χ3v) is 4.17. The summed E-state index contributed by atoms with van der Waals surface area (Å²) >= 11 is 3.70. The maximum Gasteiger partial charge on any atom is 0.357 e. The van der Waals surface area contributed by atoms with E-state index >= 15 is 0 Å². The number of nitrogens with one attached hydrogen (secondary N) is 1. The lowest BCUT2D eigenvalue weighted by molar-refractivity contribution is 0.0594. The van der Waals surface area contributed by atoms with E-state index in [2.05, 4.69) is 32.9 Å². The molecule has 2 aromatic rings. The molecule has 6 heteroatoms. The Bertz CT molecular complexity index is 625. The van der Waals surface area contributed by atoms with E-state index in [4.69, 9.17) is 4.74 Å². The Hall–Kier alpha value is -1.15. The number of halogens is 1. The third kappa shape index (κ3) is 3.24. The SMILES string of the molecule is COC(=O)c1nc(Nc2cc(I)ccc2C)sc1C. The van der Waals surface area contributed by atoms with Crippen molar-refractivity contribution < 1.29 is 9.53 Å². The molecule has 0 spiro atoms. The van der Waals surface area contributed by atoms with Crippen LogP contribution in [0.2, 0.25) is 0 Å². The van der Waals surface area contributed by atoms with Crippen LogP contribution in [0.4, 0.5) is 10.8 Å². The zero-order valence-corrected chi connectivity index (χ0v) is 13.8. The number of aromatic nitrogens is 1. The van der Waals surface area contributed by atoms with Gasteiger partial charge in [0, 0.05) is 14.1 Å². The van der Waals surface area contributed by atoms with Crippen molar-refractivity contribution in [3.05, 3.63) is 37.9 Å². The number of thiazole rings is 1. The first-order valence-electron chi connectivity index (χ1n) is 5.60. The summed E-state index contributed by atoms with van der Waals surface area (Å²) in [5, 5.41) is 3.95. The highest BCUT2D eigenvalue weighted by molar-refractivity contribution is 14.1. The van der Waals surface area contributed by atoms with Gasteiger partial charge in [0.05, 0.1) is 7.11 Å². The Morgan fingerprint density at radius 2 is 2.16 bits per heavy atom. The smallest absolute Gasteiger partial charge is 0.357 e. The van der Waals surface area contributed by atoms with E-state index in [0.717, 1.165) is 19.7 Å². The van der Waals surface area contributed by atoms with Crippen LogP contribution in [0, 0.1) is 17.4 Å². The number of ether oxygens (including phenoxy) is 1. The molecule has 0 aliphatic carbocycles. The van der Waals surface area contributed by atoms with Crippen LogP contribution in [0.15, 0.2) is 18.2 Å². The van der Waals surface area contributed by atoms with Gasteiger partial charge in [-0.2, -0.15) is 0 Å². The van der Waals surface area contributed by atoms with Gasteiger partial charge >= 0.3 is 5.97 Å². The first-order chi connectivity index (χ1) is 9.01. The Balaban J connectivity index is 2.29. The highest BCUT2D eigenvalue weighted by Gasteiger charge is 2.16. The lowest BCUT2D eigenvalue weighted by Gasteiger charge is -2.06. The number of hydrogen-bond donors (Lipinski definition) is 1. The second-order valence-corrected chi connectivity index (χ2v) is 6.45. The average molecular weight is 388 g/mol. The second-order valence-electron chi connectivity index (χ2n) is 4.00. The van der Waals surface area contributed by atoms with Gasteiger partial charge in [0.2, 0.25) is 0 Å². The van der Waals surface area contributed by atoms with Crippen LogP contribution in [0.3, 0.4) is 0 Å². The molecular weight excluding hydrogens is 375 g/mol. The minimum Gasteiger partial charge on any atom is -0.464 e. The number of benzene rings is 1. The molecule has 19 heavy (non-hydrogen) atoms. The number of carbonyl (C=O) groups excluding carboxylic acids is 1. The van der Waals surface area contributed by atoms with Crippen LogP contribution < -0.4 is 5.32 Å². The molecule has 1 N–H and O–H groups in total. The fourth-order valence-corrected chi connectivity index (χ4v) is 2.88. The van der Waals surface area contributed by atoms with Crippen LogP contribution in [-0.4, -0.2) is 18.1 Å². The first kappa shape index (κ1) is 14.3. The number of hydrogen-bond acceptors (Lipinski definition) is 5. The van der Waals surface area contributed by atoms with Crippen molar-refractivity contribution in [2.24, 2.45) is 0 Å². The summed E-state index contributed by atoms with van der Waals surface area (Å²) in [5.74, 6) is -0.402. The molecule has 4 nitrogen and oxygen atoms in total. The van der Waals surface area contributed by atoms with Gasteiger partial charge in [0.25, 0.3) is 0 Å². The average Bonchev–Trinajstić information content (AvgIpc) is 2.74. The number of methoxy groups -OCH3 is 1. The second kappa shape index (κ2) is 5.87. The molecule has 2 rings (SSSR count). The van der Waals surface area contributed by atoms with Crippen LogP contribution in [0.5, 0.6) is 0 Å². The quantitative estimate of drug-likeness (QED) is 0.640. The molecule has 1 aromatic carbocycles. The van der Waals surface area contributed by atoms with Gasteiger partial charge in [0.1, 0.15) is 0 Å². The van der Waals surface area contributed by atoms with Gasteiger partial charge < -0.3 is 10.1 Å². The fourth-order valence-electron chi connectivity index (χ4n) is 1.58. The predicted octanol–water partition coefficient (Wildman–Crippen LogP) is 3.89. The molecule has 0 amide bonds. The normalized spacial score (nSPS) is 10.3. The van der Waals surface area contributed by atoms with Gasteiger partial charge in [0.15, 0.2) is 10.8 Å². The molecule has 0 bridgehead atoms. The van der Waals surface area contributed by atoms with Gasteiger partial charge in [-0.05, 0) is 54.1 Å². The zero-order valence-electron chi connectivity index (χ0n) is 10.8. The van der Waals surface area contributed by atoms with Crippen LogP contribution in [0.1, 0.15) is 20.9 Å². The summed E-state index contributed by atoms with van der Waals surface area (Å²) in [7, 11) is 1.36. The Labute approximate surface area is 129 Å². The minimum absolute atomic E-state index is 0.373. The highest BCUT2D eigenvalue weighted by Crippen LogP contribution is 2.28. The lowest BCUT2D eigenvalue weighted by atomic mass is 10.2. The molecule has 0 saturated heterocycles. The molecule has 1 heterocycles. The summed E-state index contributed by atoms with van der Waals surface area (Å²) in [5.41, 5.74) is 2.50. The van der Waals surface area contributed by atoms with E-state index in [-0.39, 0.29) is 0 Å². The molecule has 0 atom stereocenters. The lowest BCUT2D eigenvalue weighted by Crippen LogP contribution is -2.03. The zero-order chi connectivity index (χ0) is 14.0. The molecule has 0 aliphatic rings. The van der Waals surface area contributed by atoms with Crippen LogP contribution in [0.25, 0.3) is 0 Å². The molecule has 0 unspecified atom stereocenters. The maximum absolute atomic E-state index is 11.5. The molecule has 0 radical (unpaired) electrons. The van der Waals surface area contributed by atoms with E-state index in [1.165, 1.54) is 18.4 Å². The Kier molecular flexibility index (Phi) is 4.41. The number of carbonyl (C=O) groups is 1. The van der Waals surface area contributed by atoms with Crippen LogP contribution >= 0.6 is 33.9 Å². The monoisotopic (exact) mass is 388 g/mol. The largest absolute Gasteiger partial charge is 0.464 e. The number of anilines is 2. The molecule has 1 aromatic heterocycles. The summed E-state index contributed by atoms with van der Waals surface area (Å²) in [4.78, 5) is 16.6. The minimum atomic E-state index is -0.402. The molecule has 0 fully saturated rings. The first-order valence-corrected chi connectivity index (χ1v) is 7.49. The van der Waals surface area contributed by atoms with E-state index in [1.807, 2.05) is 32.0 Å². The summed E-state index contributed by atoms with van der Waals surface area (Å²) in [6.45, 7) is 3.89. The van der Waals surface area contributed by atoms with Gasteiger partial charge in [-0.15, -0.1) is 11.3 Å².